The quantitative estimate of drug-likeness (QED) is 0.896. The Labute approximate surface area is 140 Å². The highest BCUT2D eigenvalue weighted by Crippen LogP contribution is 2.44. The summed E-state index contributed by atoms with van der Waals surface area (Å²) in [6.45, 7) is 6.76. The van der Waals surface area contributed by atoms with Crippen molar-refractivity contribution in [2.24, 2.45) is 0 Å². The van der Waals surface area contributed by atoms with E-state index in [2.05, 4.69) is 93.6 Å². The van der Waals surface area contributed by atoms with E-state index >= 15 is 0 Å². The van der Waals surface area contributed by atoms with Gasteiger partial charge in [0.2, 0.25) is 0 Å². The van der Waals surface area contributed by atoms with Gasteiger partial charge in [-0.1, -0.05) is 36.4 Å². The minimum atomic E-state index is 0.0907. The molecule has 3 rings (SSSR count). The Morgan fingerprint density at radius 2 is 1.70 bits per heavy atom. The molecule has 2 nitrogen and oxygen atoms in total. The summed E-state index contributed by atoms with van der Waals surface area (Å²) >= 11 is 0. The Morgan fingerprint density at radius 3 is 2.30 bits per heavy atom. The average Bonchev–Trinajstić information content (AvgIpc) is 2.84. The van der Waals surface area contributed by atoms with Crippen LogP contribution in [0, 0.1) is 0 Å². The van der Waals surface area contributed by atoms with Crippen molar-refractivity contribution in [3.63, 3.8) is 0 Å². The molecular weight excluding hydrogens is 280 g/mol. The molecule has 2 aromatic carbocycles. The fourth-order valence-electron chi connectivity index (χ4n) is 3.56. The predicted octanol–water partition coefficient (Wildman–Crippen LogP) is 4.52. The van der Waals surface area contributed by atoms with Crippen molar-refractivity contribution in [3.8, 4) is 0 Å². The number of anilines is 1. The van der Waals surface area contributed by atoms with Gasteiger partial charge < -0.3 is 10.2 Å². The predicted molar refractivity (Wildman–Crippen MR) is 99.3 cm³/mol. The van der Waals surface area contributed by atoms with Crippen LogP contribution in [-0.4, -0.2) is 19.6 Å². The number of rotatable bonds is 3. The Hall–Kier alpha value is -1.80. The zero-order valence-corrected chi connectivity index (χ0v) is 14.9. The van der Waals surface area contributed by atoms with Gasteiger partial charge in [-0.05, 0) is 56.0 Å². The van der Waals surface area contributed by atoms with Gasteiger partial charge >= 0.3 is 0 Å². The van der Waals surface area contributed by atoms with Crippen LogP contribution in [0.15, 0.2) is 48.5 Å². The maximum absolute atomic E-state index is 3.87. The number of nitrogens with zero attached hydrogens (tertiary/aromatic N) is 1. The average molecular weight is 308 g/mol. The molecular formula is C21H28N2. The molecule has 0 amide bonds. The second-order valence-corrected chi connectivity index (χ2v) is 7.87. The molecule has 0 spiro atoms. The Kier molecular flexibility index (Phi) is 4.20. The first-order chi connectivity index (χ1) is 10.8. The third-order valence-electron chi connectivity index (χ3n) is 4.64. The summed E-state index contributed by atoms with van der Waals surface area (Å²) in [5, 5.41) is 3.87. The largest absolute Gasteiger partial charge is 0.378 e. The maximum Gasteiger partial charge on any atom is 0.0400 e. The molecule has 0 fully saturated rings. The van der Waals surface area contributed by atoms with Crippen LogP contribution in [0.2, 0.25) is 0 Å². The number of hydrogen-bond acceptors (Lipinski definition) is 2. The summed E-state index contributed by atoms with van der Waals surface area (Å²) < 4.78 is 0. The van der Waals surface area contributed by atoms with Crippen LogP contribution in [0.5, 0.6) is 0 Å². The highest BCUT2D eigenvalue weighted by molar-refractivity contribution is 5.54. The summed E-state index contributed by atoms with van der Waals surface area (Å²) in [5.74, 6) is 0.503. The summed E-state index contributed by atoms with van der Waals surface area (Å²) in [5.41, 5.74) is 5.73. The third kappa shape index (κ3) is 3.42. The fraction of sp³-hybridized carbons (Fsp3) is 0.429. The van der Waals surface area contributed by atoms with Gasteiger partial charge in [-0.25, -0.2) is 0 Å². The zero-order valence-electron chi connectivity index (χ0n) is 14.9. The van der Waals surface area contributed by atoms with Crippen LogP contribution in [0.25, 0.3) is 0 Å². The first-order valence-corrected chi connectivity index (χ1v) is 8.48. The van der Waals surface area contributed by atoms with Gasteiger partial charge in [0.15, 0.2) is 0 Å². The van der Waals surface area contributed by atoms with Crippen LogP contribution in [0.3, 0.4) is 0 Å². The molecule has 2 heteroatoms. The molecule has 1 aliphatic rings. The van der Waals surface area contributed by atoms with Crippen molar-refractivity contribution in [1.82, 2.24) is 5.32 Å². The molecule has 0 aliphatic heterocycles. The molecule has 0 saturated carbocycles. The summed E-state index contributed by atoms with van der Waals surface area (Å²) in [4.78, 5) is 2.18. The van der Waals surface area contributed by atoms with Crippen molar-refractivity contribution < 1.29 is 0 Å². The van der Waals surface area contributed by atoms with Crippen LogP contribution in [-0.2, 0) is 6.42 Å². The first-order valence-electron chi connectivity index (χ1n) is 8.48. The Balaban J connectivity index is 2.02. The van der Waals surface area contributed by atoms with E-state index in [0.29, 0.717) is 12.0 Å². The lowest BCUT2D eigenvalue weighted by Gasteiger charge is -2.31. The van der Waals surface area contributed by atoms with Gasteiger partial charge in [-0.2, -0.15) is 0 Å². The van der Waals surface area contributed by atoms with E-state index in [-0.39, 0.29) is 5.54 Å². The van der Waals surface area contributed by atoms with Crippen molar-refractivity contribution in [3.05, 3.63) is 65.2 Å². The SMILES string of the molecule is CN(C)c1ccc2c(c1)[C@@H](NC(C)(C)C)[C@H](c1ccccc1)C2. The molecule has 1 aliphatic carbocycles. The van der Waals surface area contributed by atoms with Gasteiger partial charge in [0.05, 0.1) is 0 Å². The summed E-state index contributed by atoms with van der Waals surface area (Å²) in [6, 6.07) is 18.2. The lowest BCUT2D eigenvalue weighted by atomic mass is 9.90. The minimum Gasteiger partial charge on any atom is -0.378 e. The van der Waals surface area contributed by atoms with E-state index in [1.807, 2.05) is 0 Å². The number of fused-ring (bicyclic) bond motifs is 1. The molecule has 0 heterocycles. The smallest absolute Gasteiger partial charge is 0.0400 e. The second kappa shape index (κ2) is 6.01. The lowest BCUT2D eigenvalue weighted by Crippen LogP contribution is -2.40. The van der Waals surface area contributed by atoms with Gasteiger partial charge in [-0.15, -0.1) is 0 Å². The van der Waals surface area contributed by atoms with Gasteiger partial charge in [-0.3, -0.25) is 0 Å². The summed E-state index contributed by atoms with van der Waals surface area (Å²) in [6.07, 6.45) is 1.11. The molecule has 2 aromatic rings. The monoisotopic (exact) mass is 308 g/mol. The Bertz CT molecular complexity index is 668. The van der Waals surface area contributed by atoms with Gasteiger partial charge in [0, 0.05) is 37.3 Å². The van der Waals surface area contributed by atoms with Crippen LogP contribution < -0.4 is 10.2 Å². The lowest BCUT2D eigenvalue weighted by molar-refractivity contribution is 0.340. The number of hydrogen-bond donors (Lipinski definition) is 1. The maximum atomic E-state index is 3.87. The minimum absolute atomic E-state index is 0.0907. The normalized spacial score (nSPS) is 20.4. The van der Waals surface area contributed by atoms with Gasteiger partial charge in [0.25, 0.3) is 0 Å². The molecule has 2 atom stereocenters. The van der Waals surface area contributed by atoms with E-state index in [4.69, 9.17) is 0 Å². The number of benzene rings is 2. The zero-order chi connectivity index (χ0) is 16.6. The van der Waals surface area contributed by atoms with Crippen LogP contribution in [0.1, 0.15) is 49.4 Å². The topological polar surface area (TPSA) is 15.3 Å². The Morgan fingerprint density at radius 1 is 1.00 bits per heavy atom. The molecule has 0 radical (unpaired) electrons. The fourth-order valence-corrected chi connectivity index (χ4v) is 3.56. The molecule has 0 bridgehead atoms. The van der Waals surface area contributed by atoms with Gasteiger partial charge in [0.1, 0.15) is 0 Å². The standard InChI is InChI=1S/C21H28N2/c1-21(2,3)22-20-18(15-9-7-6-8-10-15)13-16-11-12-17(23(4)5)14-19(16)20/h6-12,14,18,20,22H,13H2,1-5H3/t18-,20-/m0/s1. The van der Waals surface area contributed by atoms with E-state index in [1.165, 1.54) is 22.4 Å². The molecule has 0 unspecified atom stereocenters. The van der Waals surface area contributed by atoms with Crippen molar-refractivity contribution in [1.29, 1.82) is 0 Å². The van der Waals surface area contributed by atoms with Crippen molar-refractivity contribution >= 4 is 5.69 Å². The van der Waals surface area contributed by atoms with Crippen molar-refractivity contribution in [2.75, 3.05) is 19.0 Å². The molecule has 23 heavy (non-hydrogen) atoms. The molecule has 1 N–H and O–H groups in total. The third-order valence-corrected chi connectivity index (χ3v) is 4.64. The molecule has 0 saturated heterocycles. The summed E-state index contributed by atoms with van der Waals surface area (Å²) in [7, 11) is 4.22. The van der Waals surface area contributed by atoms with E-state index in [1.54, 1.807) is 0 Å². The van der Waals surface area contributed by atoms with E-state index in [0.717, 1.165) is 6.42 Å². The van der Waals surface area contributed by atoms with E-state index in [9.17, 15) is 0 Å². The van der Waals surface area contributed by atoms with E-state index < -0.39 is 0 Å². The second-order valence-electron chi connectivity index (χ2n) is 7.87. The highest BCUT2D eigenvalue weighted by Gasteiger charge is 2.35. The van der Waals surface area contributed by atoms with Crippen molar-refractivity contribution in [2.45, 2.75) is 44.7 Å². The molecule has 0 aromatic heterocycles. The number of nitrogens with one attached hydrogen (secondary N) is 1. The molecule has 122 valence electrons. The van der Waals surface area contributed by atoms with Crippen LogP contribution in [0.4, 0.5) is 5.69 Å². The van der Waals surface area contributed by atoms with Crippen LogP contribution >= 0.6 is 0 Å². The first kappa shape index (κ1) is 16.1. The highest BCUT2D eigenvalue weighted by atomic mass is 15.1.